The van der Waals surface area contributed by atoms with Gasteiger partial charge in [-0.1, -0.05) is 26.7 Å². The van der Waals surface area contributed by atoms with E-state index in [9.17, 15) is 9.90 Å². The normalized spacial score (nSPS) is 25.3. The molecular weight excluding hydrogens is 218 g/mol. The molecule has 2 N–H and O–H groups in total. The minimum Gasteiger partial charge on any atom is -0.389 e. The number of hydrogen-bond acceptors (Lipinski definition) is 3. The summed E-state index contributed by atoms with van der Waals surface area (Å²) in [6.45, 7) is 4.84. The van der Waals surface area contributed by atoms with E-state index in [0.717, 1.165) is 19.3 Å². The summed E-state index contributed by atoms with van der Waals surface area (Å²) in [6.07, 6.45) is 3.78. The molecule has 0 saturated heterocycles. The van der Waals surface area contributed by atoms with Gasteiger partial charge in [0.1, 0.15) is 0 Å². The summed E-state index contributed by atoms with van der Waals surface area (Å²) in [7, 11) is 1.54. The number of methoxy groups -OCH3 is 1. The Bertz CT molecular complexity index is 253. The molecule has 0 bridgehead atoms. The lowest BCUT2D eigenvalue weighted by atomic mass is 9.68. The molecule has 0 spiro atoms. The zero-order valence-corrected chi connectivity index (χ0v) is 11.2. The van der Waals surface area contributed by atoms with Crippen LogP contribution >= 0.6 is 0 Å². The average molecular weight is 243 g/mol. The van der Waals surface area contributed by atoms with Crippen LogP contribution in [0.3, 0.4) is 0 Å². The Hall–Kier alpha value is -0.610. The van der Waals surface area contributed by atoms with Gasteiger partial charge < -0.3 is 15.2 Å². The van der Waals surface area contributed by atoms with Gasteiger partial charge in [-0.3, -0.25) is 4.79 Å². The fourth-order valence-corrected chi connectivity index (χ4v) is 2.57. The first-order chi connectivity index (χ1) is 7.97. The Kier molecular flexibility index (Phi) is 5.40. The number of nitrogens with one attached hydrogen (secondary N) is 1. The molecule has 1 rings (SSSR count). The van der Waals surface area contributed by atoms with Gasteiger partial charge in [0.25, 0.3) is 0 Å². The van der Waals surface area contributed by atoms with Gasteiger partial charge in [-0.05, 0) is 18.3 Å². The number of rotatable bonds is 5. The number of carbonyl (C=O) groups is 1. The van der Waals surface area contributed by atoms with Gasteiger partial charge in [0.2, 0.25) is 5.91 Å². The van der Waals surface area contributed by atoms with E-state index >= 15 is 0 Å². The van der Waals surface area contributed by atoms with E-state index in [1.165, 1.54) is 13.5 Å². The highest BCUT2D eigenvalue weighted by Gasteiger charge is 2.36. The van der Waals surface area contributed by atoms with Gasteiger partial charge in [0.05, 0.1) is 12.7 Å². The predicted octanol–water partition coefficient (Wildman–Crippen LogP) is 1.33. The molecule has 17 heavy (non-hydrogen) atoms. The minimum absolute atomic E-state index is 0.0739. The molecule has 4 heteroatoms. The van der Waals surface area contributed by atoms with E-state index in [-0.39, 0.29) is 30.4 Å². The quantitative estimate of drug-likeness (QED) is 0.766. The summed E-state index contributed by atoms with van der Waals surface area (Å²) in [5.74, 6) is 0.149. The van der Waals surface area contributed by atoms with E-state index in [2.05, 4.69) is 19.2 Å². The maximum absolute atomic E-state index is 12.1. The van der Waals surface area contributed by atoms with E-state index in [0.29, 0.717) is 0 Å². The highest BCUT2D eigenvalue weighted by molar-refractivity contribution is 5.79. The maximum atomic E-state index is 12.1. The summed E-state index contributed by atoms with van der Waals surface area (Å²) in [4.78, 5) is 12.1. The summed E-state index contributed by atoms with van der Waals surface area (Å²) in [5.41, 5.74) is 0.0779. The molecule has 0 heterocycles. The second-order valence-corrected chi connectivity index (χ2v) is 5.64. The Labute approximate surface area is 104 Å². The number of carbonyl (C=O) groups excluding carboxylic acids is 1. The number of amides is 1. The van der Waals surface area contributed by atoms with Crippen molar-refractivity contribution in [3.8, 4) is 0 Å². The Morgan fingerprint density at radius 2 is 2.24 bits per heavy atom. The van der Waals surface area contributed by atoms with Crippen LogP contribution in [0.2, 0.25) is 0 Å². The minimum atomic E-state index is -0.615. The summed E-state index contributed by atoms with van der Waals surface area (Å²) < 4.78 is 4.82. The fraction of sp³-hybridized carbons (Fsp3) is 0.923. The molecule has 2 atom stereocenters. The maximum Gasteiger partial charge on any atom is 0.223 e. The standard InChI is InChI=1S/C13H25NO3/c1-13(2)7-5-4-6-11(13)12(16)14-8-10(15)9-17-3/h10-11,15H,4-9H2,1-3H3,(H,14,16). The third-order valence-electron chi connectivity index (χ3n) is 3.69. The molecule has 1 amide bonds. The van der Waals surface area contributed by atoms with Crippen LogP contribution < -0.4 is 5.32 Å². The van der Waals surface area contributed by atoms with E-state index in [1.807, 2.05) is 0 Å². The van der Waals surface area contributed by atoms with Crippen LogP contribution in [0.1, 0.15) is 39.5 Å². The molecule has 1 aliphatic rings. The third kappa shape index (κ3) is 4.28. The molecule has 100 valence electrons. The van der Waals surface area contributed by atoms with Gasteiger partial charge >= 0.3 is 0 Å². The van der Waals surface area contributed by atoms with Gasteiger partial charge in [0.15, 0.2) is 0 Å². The van der Waals surface area contributed by atoms with Gasteiger partial charge in [-0.2, -0.15) is 0 Å². The number of aliphatic hydroxyl groups is 1. The predicted molar refractivity (Wildman–Crippen MR) is 66.6 cm³/mol. The van der Waals surface area contributed by atoms with Crippen molar-refractivity contribution < 1.29 is 14.6 Å². The molecule has 1 saturated carbocycles. The van der Waals surface area contributed by atoms with Crippen LogP contribution in [0.5, 0.6) is 0 Å². The van der Waals surface area contributed by atoms with Crippen LogP contribution in [-0.2, 0) is 9.53 Å². The second kappa shape index (κ2) is 6.36. The first kappa shape index (κ1) is 14.5. The topological polar surface area (TPSA) is 58.6 Å². The SMILES string of the molecule is COCC(O)CNC(=O)C1CCCCC1(C)C. The van der Waals surface area contributed by atoms with Gasteiger partial charge in [0, 0.05) is 19.6 Å². The number of aliphatic hydroxyl groups excluding tert-OH is 1. The number of hydrogen-bond donors (Lipinski definition) is 2. The lowest BCUT2D eigenvalue weighted by Crippen LogP contribution is -2.44. The van der Waals surface area contributed by atoms with Crippen LogP contribution in [0.4, 0.5) is 0 Å². The van der Waals surface area contributed by atoms with Crippen molar-refractivity contribution in [3.63, 3.8) is 0 Å². The van der Waals surface area contributed by atoms with E-state index in [1.54, 1.807) is 0 Å². The molecule has 0 aliphatic heterocycles. The van der Waals surface area contributed by atoms with Crippen LogP contribution in [0.25, 0.3) is 0 Å². The first-order valence-electron chi connectivity index (χ1n) is 6.42. The van der Waals surface area contributed by atoms with Crippen LogP contribution in [-0.4, -0.2) is 37.4 Å². The molecule has 1 fully saturated rings. The Morgan fingerprint density at radius 3 is 2.82 bits per heavy atom. The summed E-state index contributed by atoms with van der Waals surface area (Å²) >= 11 is 0. The van der Waals surface area contributed by atoms with Crippen molar-refractivity contribution in [2.24, 2.45) is 11.3 Å². The molecule has 4 nitrogen and oxygen atoms in total. The first-order valence-corrected chi connectivity index (χ1v) is 6.42. The highest BCUT2D eigenvalue weighted by atomic mass is 16.5. The van der Waals surface area contributed by atoms with Crippen molar-refractivity contribution in [1.29, 1.82) is 0 Å². The van der Waals surface area contributed by atoms with Crippen molar-refractivity contribution in [2.75, 3.05) is 20.3 Å². The third-order valence-corrected chi connectivity index (χ3v) is 3.69. The van der Waals surface area contributed by atoms with Crippen LogP contribution in [0.15, 0.2) is 0 Å². The lowest BCUT2D eigenvalue weighted by molar-refractivity contribution is -0.130. The van der Waals surface area contributed by atoms with Gasteiger partial charge in [-0.15, -0.1) is 0 Å². The molecular formula is C13H25NO3. The molecule has 0 aromatic carbocycles. The molecule has 1 aliphatic carbocycles. The fourth-order valence-electron chi connectivity index (χ4n) is 2.57. The lowest BCUT2D eigenvalue weighted by Gasteiger charge is -2.37. The van der Waals surface area contributed by atoms with Crippen molar-refractivity contribution in [2.45, 2.75) is 45.6 Å². The molecule has 0 radical (unpaired) electrons. The zero-order valence-electron chi connectivity index (χ0n) is 11.2. The Morgan fingerprint density at radius 1 is 1.53 bits per heavy atom. The van der Waals surface area contributed by atoms with E-state index < -0.39 is 6.10 Å². The number of ether oxygens (including phenoxy) is 1. The molecule has 0 aromatic heterocycles. The largest absolute Gasteiger partial charge is 0.389 e. The highest BCUT2D eigenvalue weighted by Crippen LogP contribution is 2.40. The summed E-state index contributed by atoms with van der Waals surface area (Å²) in [6, 6.07) is 0. The van der Waals surface area contributed by atoms with Crippen molar-refractivity contribution in [3.05, 3.63) is 0 Å². The smallest absolute Gasteiger partial charge is 0.223 e. The second-order valence-electron chi connectivity index (χ2n) is 5.64. The summed E-state index contributed by atoms with van der Waals surface area (Å²) in [5, 5.41) is 12.3. The molecule has 2 unspecified atom stereocenters. The Balaban J connectivity index is 2.41. The monoisotopic (exact) mass is 243 g/mol. The van der Waals surface area contributed by atoms with E-state index in [4.69, 9.17) is 4.74 Å². The van der Waals surface area contributed by atoms with Crippen molar-refractivity contribution >= 4 is 5.91 Å². The van der Waals surface area contributed by atoms with Crippen molar-refractivity contribution in [1.82, 2.24) is 5.32 Å². The zero-order chi connectivity index (χ0) is 12.9. The average Bonchev–Trinajstić information content (AvgIpc) is 2.26. The van der Waals surface area contributed by atoms with Crippen LogP contribution in [0, 0.1) is 11.3 Å². The molecule has 0 aromatic rings. The van der Waals surface area contributed by atoms with Gasteiger partial charge in [-0.25, -0.2) is 0 Å².